The van der Waals surface area contributed by atoms with E-state index >= 15 is 0 Å². The van der Waals surface area contributed by atoms with E-state index in [1.54, 1.807) is 0 Å². The second-order valence-electron chi connectivity index (χ2n) is 8.33. The average Bonchev–Trinajstić information content (AvgIpc) is 2.73. The third-order valence-electron chi connectivity index (χ3n) is 5.84. The van der Waals surface area contributed by atoms with Crippen LogP contribution < -0.4 is 0 Å². The molecule has 0 N–H and O–H groups in total. The van der Waals surface area contributed by atoms with Crippen LogP contribution in [0.3, 0.4) is 0 Å². The summed E-state index contributed by atoms with van der Waals surface area (Å²) in [5.41, 5.74) is 1.52. The van der Waals surface area contributed by atoms with Crippen molar-refractivity contribution in [2.75, 3.05) is 0 Å². The molecule has 0 amide bonds. The molecule has 0 atom stereocenters. The minimum atomic E-state index is 1.22. The quantitative estimate of drug-likeness (QED) is 0.201. The van der Waals surface area contributed by atoms with Gasteiger partial charge in [0.05, 0.1) is 0 Å². The maximum absolute atomic E-state index is 2.42. The minimum Gasteiger partial charge on any atom is -0.0885 e. The summed E-state index contributed by atoms with van der Waals surface area (Å²) in [6.07, 6.45) is 25.3. The molecule has 0 saturated heterocycles. The van der Waals surface area contributed by atoms with Crippen LogP contribution in [0.5, 0.6) is 0 Å². The molecule has 0 aromatic heterocycles. The second kappa shape index (κ2) is 15.4. The Bertz CT molecular complexity index is 647. The van der Waals surface area contributed by atoms with E-state index in [1.807, 2.05) is 0 Å². The first-order chi connectivity index (χ1) is 13.9. The van der Waals surface area contributed by atoms with Gasteiger partial charge in [0.1, 0.15) is 0 Å². The van der Waals surface area contributed by atoms with Gasteiger partial charge in [-0.3, -0.25) is 0 Å². The van der Waals surface area contributed by atoms with Crippen molar-refractivity contribution >= 4 is 10.8 Å². The summed E-state index contributed by atoms with van der Waals surface area (Å²) in [6.45, 7) is 2.29. The van der Waals surface area contributed by atoms with Crippen LogP contribution in [0.25, 0.3) is 10.8 Å². The molecule has 0 aliphatic rings. The highest BCUT2D eigenvalue weighted by molar-refractivity contribution is 5.85. The van der Waals surface area contributed by atoms with Gasteiger partial charge in [-0.15, -0.1) is 0 Å². The molecular formula is C28H42. The van der Waals surface area contributed by atoms with E-state index in [0.717, 1.165) is 0 Å². The zero-order chi connectivity index (χ0) is 19.7. The molecule has 154 valence electrons. The molecule has 0 radical (unpaired) electrons. The van der Waals surface area contributed by atoms with Gasteiger partial charge in [-0.2, -0.15) is 0 Å². The molecule has 0 heteroatoms. The Balaban J connectivity index is 1.41. The van der Waals surface area contributed by atoms with Gasteiger partial charge >= 0.3 is 0 Å². The highest BCUT2D eigenvalue weighted by atomic mass is 14.0. The third-order valence-corrected chi connectivity index (χ3v) is 5.84. The minimum absolute atomic E-state index is 1.22. The lowest BCUT2D eigenvalue weighted by atomic mass is 9.99. The number of aryl methyl sites for hydroxylation is 1. The lowest BCUT2D eigenvalue weighted by Crippen LogP contribution is -1.88. The summed E-state index contributed by atoms with van der Waals surface area (Å²) >= 11 is 0. The van der Waals surface area contributed by atoms with E-state index in [2.05, 4.69) is 61.5 Å². The number of unbranched alkanes of at least 4 members (excludes halogenated alkanes) is 12. The van der Waals surface area contributed by atoms with Crippen molar-refractivity contribution in [1.82, 2.24) is 0 Å². The predicted octanol–water partition coefficient (Wildman–Crippen LogP) is 9.42. The van der Waals surface area contributed by atoms with Gasteiger partial charge in [0, 0.05) is 0 Å². The van der Waals surface area contributed by atoms with Crippen molar-refractivity contribution in [2.45, 2.75) is 103 Å². The molecule has 0 unspecified atom stereocenters. The molecule has 0 nitrogen and oxygen atoms in total. The summed E-state index contributed by atoms with van der Waals surface area (Å²) in [5.74, 6) is 0. The first-order valence-corrected chi connectivity index (χ1v) is 12.0. The monoisotopic (exact) mass is 378 g/mol. The molecule has 0 spiro atoms. The van der Waals surface area contributed by atoms with E-state index in [9.17, 15) is 0 Å². The molecule has 0 saturated carbocycles. The molecule has 2 rings (SSSR count). The van der Waals surface area contributed by atoms with Crippen LogP contribution in [0.4, 0.5) is 0 Å². The van der Waals surface area contributed by atoms with Crippen LogP contribution >= 0.6 is 0 Å². The Labute approximate surface area is 174 Å². The van der Waals surface area contributed by atoms with Crippen molar-refractivity contribution in [1.29, 1.82) is 0 Å². The largest absolute Gasteiger partial charge is 0.0885 e. The SMILES string of the molecule is CCCCCCCC/C=C/CCCCCCCCc1cccc2ccccc12. The molecule has 2 aromatic carbocycles. The van der Waals surface area contributed by atoms with Gasteiger partial charge in [-0.1, -0.05) is 119 Å². The average molecular weight is 379 g/mol. The third kappa shape index (κ3) is 9.58. The second-order valence-corrected chi connectivity index (χ2v) is 8.33. The summed E-state index contributed by atoms with van der Waals surface area (Å²) in [6, 6.07) is 15.5. The van der Waals surface area contributed by atoms with Crippen molar-refractivity contribution < 1.29 is 0 Å². The molecule has 0 aliphatic heterocycles. The number of hydrogen-bond donors (Lipinski definition) is 0. The van der Waals surface area contributed by atoms with Gasteiger partial charge in [-0.05, 0) is 54.9 Å². The number of hydrogen-bond acceptors (Lipinski definition) is 0. The zero-order valence-electron chi connectivity index (χ0n) is 18.3. The topological polar surface area (TPSA) is 0 Å². The van der Waals surface area contributed by atoms with E-state index in [0.29, 0.717) is 0 Å². The van der Waals surface area contributed by atoms with E-state index in [-0.39, 0.29) is 0 Å². The Hall–Kier alpha value is -1.56. The molecule has 0 bridgehead atoms. The Morgan fingerprint density at radius 1 is 0.571 bits per heavy atom. The zero-order valence-corrected chi connectivity index (χ0v) is 18.3. The van der Waals surface area contributed by atoms with E-state index in [4.69, 9.17) is 0 Å². The first-order valence-electron chi connectivity index (χ1n) is 12.0. The van der Waals surface area contributed by atoms with Gasteiger partial charge in [0.15, 0.2) is 0 Å². The molecule has 0 aliphatic carbocycles. The lowest BCUT2D eigenvalue weighted by molar-refractivity contribution is 0.596. The van der Waals surface area contributed by atoms with E-state index in [1.165, 1.54) is 113 Å². The van der Waals surface area contributed by atoms with Gasteiger partial charge in [0.2, 0.25) is 0 Å². The molecule has 0 heterocycles. The number of rotatable bonds is 16. The van der Waals surface area contributed by atoms with Gasteiger partial charge in [-0.25, -0.2) is 0 Å². The normalized spacial score (nSPS) is 11.6. The fourth-order valence-electron chi connectivity index (χ4n) is 4.07. The van der Waals surface area contributed by atoms with Crippen molar-refractivity contribution in [2.24, 2.45) is 0 Å². The molecular weight excluding hydrogens is 336 g/mol. The molecule has 28 heavy (non-hydrogen) atoms. The van der Waals surface area contributed by atoms with Crippen LogP contribution in [0.1, 0.15) is 102 Å². The molecule has 2 aromatic rings. The summed E-state index contributed by atoms with van der Waals surface area (Å²) in [4.78, 5) is 0. The summed E-state index contributed by atoms with van der Waals surface area (Å²) in [7, 11) is 0. The highest BCUT2D eigenvalue weighted by Gasteiger charge is 2.00. The fourth-order valence-corrected chi connectivity index (χ4v) is 4.07. The van der Waals surface area contributed by atoms with E-state index < -0.39 is 0 Å². The Kier molecular flexibility index (Phi) is 12.5. The summed E-state index contributed by atoms with van der Waals surface area (Å²) < 4.78 is 0. The van der Waals surface area contributed by atoms with Crippen LogP contribution in [-0.4, -0.2) is 0 Å². The maximum atomic E-state index is 2.42. The Morgan fingerprint density at radius 3 is 1.86 bits per heavy atom. The standard InChI is InChI=1S/C28H42/c1-2-3-4-5-6-7-8-9-10-11-12-13-14-15-16-17-21-26-23-20-24-27-22-18-19-25-28(26)27/h9-10,18-20,22-25H,2-8,11-17,21H2,1H3/b10-9+. The van der Waals surface area contributed by atoms with Crippen molar-refractivity contribution in [3.8, 4) is 0 Å². The van der Waals surface area contributed by atoms with Crippen molar-refractivity contribution in [3.63, 3.8) is 0 Å². The van der Waals surface area contributed by atoms with Gasteiger partial charge in [0.25, 0.3) is 0 Å². The van der Waals surface area contributed by atoms with Crippen molar-refractivity contribution in [3.05, 3.63) is 60.2 Å². The van der Waals surface area contributed by atoms with Crippen LogP contribution in [0.2, 0.25) is 0 Å². The molecule has 0 fully saturated rings. The number of allylic oxidation sites excluding steroid dienone is 2. The summed E-state index contributed by atoms with van der Waals surface area (Å²) in [5, 5.41) is 2.82. The lowest BCUT2D eigenvalue weighted by Gasteiger charge is -2.06. The number of benzene rings is 2. The fraction of sp³-hybridized carbons (Fsp3) is 0.571. The number of fused-ring (bicyclic) bond motifs is 1. The maximum Gasteiger partial charge on any atom is -0.0152 e. The first kappa shape index (κ1) is 22.7. The Morgan fingerprint density at radius 2 is 1.14 bits per heavy atom. The van der Waals surface area contributed by atoms with Crippen LogP contribution in [-0.2, 0) is 6.42 Å². The van der Waals surface area contributed by atoms with Crippen LogP contribution in [0, 0.1) is 0 Å². The predicted molar refractivity (Wildman–Crippen MR) is 127 cm³/mol. The highest BCUT2D eigenvalue weighted by Crippen LogP contribution is 2.20. The van der Waals surface area contributed by atoms with Crippen LogP contribution in [0.15, 0.2) is 54.6 Å². The van der Waals surface area contributed by atoms with Gasteiger partial charge < -0.3 is 0 Å². The smallest absolute Gasteiger partial charge is 0.0152 e.